The normalized spacial score (nSPS) is 16.1. The zero-order valence-electron chi connectivity index (χ0n) is 12.8. The van der Waals surface area contributed by atoms with Crippen molar-refractivity contribution in [1.29, 1.82) is 0 Å². The lowest BCUT2D eigenvalue weighted by molar-refractivity contribution is 0.190. The first kappa shape index (κ1) is 16.1. The van der Waals surface area contributed by atoms with Gasteiger partial charge in [0.15, 0.2) is 0 Å². The molecular formula is C17H17ClN2O2S. The summed E-state index contributed by atoms with van der Waals surface area (Å²) in [6.07, 6.45) is 3.12. The molecule has 1 aromatic carbocycles. The summed E-state index contributed by atoms with van der Waals surface area (Å²) in [5.74, 6) is 0. The summed E-state index contributed by atoms with van der Waals surface area (Å²) >= 11 is 6.04. The molecule has 0 saturated carbocycles. The van der Waals surface area contributed by atoms with Crippen LogP contribution in [0.4, 0.5) is 0 Å². The Hall–Kier alpha value is -1.82. The number of aliphatic hydroxyl groups excluding tert-OH is 1. The third kappa shape index (κ3) is 3.00. The molecule has 2 heterocycles. The van der Waals surface area contributed by atoms with Crippen molar-refractivity contribution >= 4 is 22.5 Å². The summed E-state index contributed by atoms with van der Waals surface area (Å²) in [5.41, 5.74) is 1.69. The average molecular weight is 349 g/mol. The molecule has 3 rings (SSSR count). The van der Waals surface area contributed by atoms with E-state index in [1.54, 1.807) is 31.2 Å². The van der Waals surface area contributed by atoms with Crippen LogP contribution in [0.1, 0.15) is 24.3 Å². The van der Waals surface area contributed by atoms with Crippen LogP contribution in [0.25, 0.3) is 5.69 Å². The van der Waals surface area contributed by atoms with Gasteiger partial charge in [-0.3, -0.25) is 4.79 Å². The van der Waals surface area contributed by atoms with Gasteiger partial charge in [0.25, 0.3) is 5.56 Å². The molecule has 23 heavy (non-hydrogen) atoms. The van der Waals surface area contributed by atoms with Gasteiger partial charge in [0, 0.05) is 5.02 Å². The number of aliphatic hydroxyl groups is 1. The molecule has 2 aromatic rings. The molecule has 0 fully saturated rings. The molecule has 6 heteroatoms. The van der Waals surface area contributed by atoms with Crippen LogP contribution in [0.5, 0.6) is 0 Å². The highest BCUT2D eigenvalue weighted by Crippen LogP contribution is 2.42. The minimum absolute atomic E-state index is 0.170. The molecule has 0 radical (unpaired) electrons. The van der Waals surface area contributed by atoms with Crippen LogP contribution in [0, 0.1) is 6.92 Å². The number of hydrogen-bond donors (Lipinski definition) is 2. The quantitative estimate of drug-likeness (QED) is 0.832. The van der Waals surface area contributed by atoms with Gasteiger partial charge in [-0.2, -0.15) is 20.7 Å². The molecule has 0 saturated heterocycles. The van der Waals surface area contributed by atoms with Crippen molar-refractivity contribution < 1.29 is 5.11 Å². The number of aromatic nitrogens is 2. The van der Waals surface area contributed by atoms with E-state index in [4.69, 9.17) is 11.6 Å². The largest absolute Gasteiger partial charge is 0.387 e. The van der Waals surface area contributed by atoms with Crippen LogP contribution in [-0.2, 0) is 0 Å². The molecule has 1 atom stereocenters. The van der Waals surface area contributed by atoms with E-state index in [1.807, 2.05) is 29.9 Å². The Balaban J connectivity index is 2.30. The monoisotopic (exact) mass is 348 g/mol. The maximum Gasteiger partial charge on any atom is 0.284 e. The van der Waals surface area contributed by atoms with Crippen molar-refractivity contribution in [2.24, 2.45) is 0 Å². The second-order valence-electron chi connectivity index (χ2n) is 5.32. The molecule has 1 unspecified atom stereocenters. The minimum Gasteiger partial charge on any atom is -0.387 e. The van der Waals surface area contributed by atoms with E-state index in [0.29, 0.717) is 21.3 Å². The lowest BCUT2D eigenvalue weighted by Gasteiger charge is -2.19. The first-order valence-electron chi connectivity index (χ1n) is 7.20. The van der Waals surface area contributed by atoms with E-state index in [9.17, 15) is 9.90 Å². The van der Waals surface area contributed by atoms with Crippen molar-refractivity contribution in [3.63, 3.8) is 0 Å². The lowest BCUT2D eigenvalue weighted by Crippen LogP contribution is -2.27. The lowest BCUT2D eigenvalue weighted by atomic mass is 10.1. The van der Waals surface area contributed by atoms with Gasteiger partial charge in [0.1, 0.15) is 0 Å². The van der Waals surface area contributed by atoms with Crippen molar-refractivity contribution in [1.82, 2.24) is 9.78 Å². The Kier molecular flexibility index (Phi) is 4.43. The third-order valence-corrected chi connectivity index (χ3v) is 5.92. The molecular weight excluding hydrogens is 332 g/mol. The second-order valence-corrected chi connectivity index (χ2v) is 7.62. The Bertz CT molecular complexity index is 859. The van der Waals surface area contributed by atoms with Gasteiger partial charge in [-0.1, -0.05) is 29.8 Å². The van der Waals surface area contributed by atoms with E-state index in [2.05, 4.69) is 5.10 Å². The SMILES string of the molecule is Cc1c(C(C)O)nn(-c2cccc(Cl)c2)c(=O)c1[SH]1C=CC=C1. The van der Waals surface area contributed by atoms with Crippen LogP contribution in [-0.4, -0.2) is 14.9 Å². The van der Waals surface area contributed by atoms with Gasteiger partial charge in [-0.05, 0) is 48.4 Å². The molecule has 1 aliphatic heterocycles. The third-order valence-electron chi connectivity index (χ3n) is 3.65. The number of nitrogens with zero attached hydrogens (tertiary/aromatic N) is 2. The van der Waals surface area contributed by atoms with Gasteiger partial charge in [-0.15, -0.1) is 0 Å². The van der Waals surface area contributed by atoms with Crippen molar-refractivity contribution in [2.75, 3.05) is 0 Å². The molecule has 0 amide bonds. The zero-order chi connectivity index (χ0) is 16.6. The molecule has 0 aliphatic carbocycles. The van der Waals surface area contributed by atoms with E-state index >= 15 is 0 Å². The van der Waals surface area contributed by atoms with E-state index in [-0.39, 0.29) is 5.56 Å². The number of rotatable bonds is 3. The van der Waals surface area contributed by atoms with Gasteiger partial charge < -0.3 is 5.11 Å². The molecule has 0 spiro atoms. The second kappa shape index (κ2) is 6.35. The predicted molar refractivity (Wildman–Crippen MR) is 95.7 cm³/mol. The summed E-state index contributed by atoms with van der Waals surface area (Å²) in [6.45, 7) is 3.50. The number of allylic oxidation sites excluding steroid dienone is 2. The smallest absolute Gasteiger partial charge is 0.284 e. The topological polar surface area (TPSA) is 55.1 Å². The highest BCUT2D eigenvalue weighted by molar-refractivity contribution is 8.22. The summed E-state index contributed by atoms with van der Waals surface area (Å²) < 4.78 is 1.33. The van der Waals surface area contributed by atoms with Crippen LogP contribution in [0.15, 0.2) is 56.9 Å². The maximum atomic E-state index is 13.0. The van der Waals surface area contributed by atoms with Crippen molar-refractivity contribution in [3.05, 3.63) is 73.9 Å². The molecule has 1 aliphatic rings. The van der Waals surface area contributed by atoms with Crippen molar-refractivity contribution in [2.45, 2.75) is 24.8 Å². The summed E-state index contributed by atoms with van der Waals surface area (Å²) in [4.78, 5) is 13.7. The fourth-order valence-electron chi connectivity index (χ4n) is 2.58. The summed E-state index contributed by atoms with van der Waals surface area (Å²) in [6, 6.07) is 6.98. The number of benzene rings is 1. The van der Waals surface area contributed by atoms with E-state index in [0.717, 1.165) is 5.56 Å². The van der Waals surface area contributed by atoms with E-state index < -0.39 is 17.0 Å². The zero-order valence-corrected chi connectivity index (χ0v) is 14.4. The van der Waals surface area contributed by atoms with Gasteiger partial charge in [-0.25, -0.2) is 0 Å². The van der Waals surface area contributed by atoms with Crippen LogP contribution in [0.3, 0.4) is 0 Å². The minimum atomic E-state index is -0.816. The fraction of sp³-hybridized carbons (Fsp3) is 0.176. The van der Waals surface area contributed by atoms with Crippen LogP contribution >= 0.6 is 22.5 Å². The molecule has 120 valence electrons. The Morgan fingerprint density at radius 2 is 2.00 bits per heavy atom. The predicted octanol–water partition coefficient (Wildman–Crippen LogP) is 3.65. The number of thiol groups is 1. The number of hydrogen-bond acceptors (Lipinski definition) is 3. The van der Waals surface area contributed by atoms with Crippen LogP contribution < -0.4 is 5.56 Å². The molecule has 1 N–H and O–H groups in total. The van der Waals surface area contributed by atoms with Gasteiger partial charge >= 0.3 is 0 Å². The van der Waals surface area contributed by atoms with Crippen molar-refractivity contribution in [3.8, 4) is 5.69 Å². The van der Waals surface area contributed by atoms with Gasteiger partial charge in [0.2, 0.25) is 0 Å². The van der Waals surface area contributed by atoms with Crippen LogP contribution in [0.2, 0.25) is 5.02 Å². The molecule has 0 bridgehead atoms. The summed E-state index contributed by atoms with van der Waals surface area (Å²) in [5, 5.41) is 19.0. The number of halogens is 1. The average Bonchev–Trinajstić information content (AvgIpc) is 3.01. The highest BCUT2D eigenvalue weighted by Gasteiger charge is 2.21. The fourth-order valence-corrected chi connectivity index (χ4v) is 4.55. The first-order valence-corrected chi connectivity index (χ1v) is 9.06. The first-order chi connectivity index (χ1) is 11.0. The molecule has 1 aromatic heterocycles. The standard InChI is InChI=1S/C17H17ClN2O2S/c1-11-15(12(2)21)19-20(14-7-5-6-13(18)10-14)17(22)16(11)23-8-3-4-9-23/h3-10,12,21,23H,1-2H3. The van der Waals surface area contributed by atoms with Gasteiger partial charge in [0.05, 0.1) is 22.4 Å². The van der Waals surface area contributed by atoms with E-state index in [1.165, 1.54) is 4.68 Å². The Morgan fingerprint density at radius 3 is 2.61 bits per heavy atom. The molecule has 4 nitrogen and oxygen atoms in total. The highest BCUT2D eigenvalue weighted by atomic mass is 35.5. The Labute approximate surface area is 142 Å². The Morgan fingerprint density at radius 1 is 1.30 bits per heavy atom. The maximum absolute atomic E-state index is 13.0. The summed E-state index contributed by atoms with van der Waals surface area (Å²) in [7, 11) is -0.816.